The highest BCUT2D eigenvalue weighted by atomic mass is 32.1. The van der Waals surface area contributed by atoms with Gasteiger partial charge in [0.15, 0.2) is 11.5 Å². The number of hydrogen-bond donors (Lipinski definition) is 0. The summed E-state index contributed by atoms with van der Waals surface area (Å²) < 4.78 is 11.6. The van der Waals surface area contributed by atoms with Crippen LogP contribution in [0, 0.1) is 10.1 Å². The van der Waals surface area contributed by atoms with Crippen molar-refractivity contribution in [1.29, 1.82) is 0 Å². The van der Waals surface area contributed by atoms with Crippen LogP contribution in [0.2, 0.25) is 0 Å². The maximum atomic E-state index is 11.4. The lowest BCUT2D eigenvalue weighted by atomic mass is 10.1. The minimum Gasteiger partial charge on any atom is -0.454 e. The van der Waals surface area contributed by atoms with Gasteiger partial charge in [0.05, 0.1) is 32.5 Å². The standard InChI is InChI=1S/C21H13N3O4S/c25-24(26)17-10-19-18(27-12-28-19)9-14(17)11-22-15-7-5-13(6-8-15)21-23-16-3-1-2-4-20(16)29-21/h1-11H,12H2. The summed E-state index contributed by atoms with van der Waals surface area (Å²) in [7, 11) is 0. The van der Waals surface area contributed by atoms with E-state index in [4.69, 9.17) is 9.47 Å². The van der Waals surface area contributed by atoms with Crippen LogP contribution in [0.5, 0.6) is 11.5 Å². The van der Waals surface area contributed by atoms with Crippen LogP contribution in [0.4, 0.5) is 11.4 Å². The van der Waals surface area contributed by atoms with Crippen molar-refractivity contribution in [3.05, 3.63) is 76.3 Å². The summed E-state index contributed by atoms with van der Waals surface area (Å²) in [4.78, 5) is 19.9. The van der Waals surface area contributed by atoms with Gasteiger partial charge in [-0.3, -0.25) is 15.1 Å². The number of aliphatic imine (C=N–C) groups is 1. The second-order valence-corrected chi connectivity index (χ2v) is 7.34. The van der Waals surface area contributed by atoms with Gasteiger partial charge in [0.1, 0.15) is 5.01 Å². The number of nitro benzene ring substituents is 1. The molecular formula is C21H13N3O4S. The third-order valence-electron chi connectivity index (χ3n) is 4.48. The van der Waals surface area contributed by atoms with Crippen molar-refractivity contribution in [2.75, 3.05) is 6.79 Å². The third-order valence-corrected chi connectivity index (χ3v) is 5.56. The van der Waals surface area contributed by atoms with E-state index in [1.165, 1.54) is 12.3 Å². The van der Waals surface area contributed by atoms with E-state index in [9.17, 15) is 10.1 Å². The molecule has 8 heteroatoms. The SMILES string of the molecule is O=[N+]([O-])c1cc2c(cc1C=Nc1ccc(-c3nc4ccccc4s3)cc1)OCO2. The molecule has 0 saturated carbocycles. The van der Waals surface area contributed by atoms with Gasteiger partial charge in [0.25, 0.3) is 5.69 Å². The maximum Gasteiger partial charge on any atom is 0.282 e. The van der Waals surface area contributed by atoms with E-state index in [0.717, 1.165) is 20.8 Å². The molecule has 2 heterocycles. The molecule has 29 heavy (non-hydrogen) atoms. The first-order valence-corrected chi connectivity index (χ1v) is 9.57. The second kappa shape index (κ2) is 6.99. The topological polar surface area (TPSA) is 86.9 Å². The minimum atomic E-state index is -0.459. The lowest BCUT2D eigenvalue weighted by molar-refractivity contribution is -0.385. The fraction of sp³-hybridized carbons (Fsp3) is 0.0476. The molecule has 3 aromatic carbocycles. The van der Waals surface area contributed by atoms with Crippen LogP contribution in [0.1, 0.15) is 5.56 Å². The Morgan fingerprint density at radius 1 is 1.07 bits per heavy atom. The first-order chi connectivity index (χ1) is 14.2. The van der Waals surface area contributed by atoms with Crippen molar-refractivity contribution in [2.24, 2.45) is 4.99 Å². The van der Waals surface area contributed by atoms with Gasteiger partial charge in [-0.2, -0.15) is 0 Å². The van der Waals surface area contributed by atoms with Crippen LogP contribution < -0.4 is 9.47 Å². The zero-order chi connectivity index (χ0) is 19.8. The fourth-order valence-corrected chi connectivity index (χ4v) is 4.01. The maximum absolute atomic E-state index is 11.4. The highest BCUT2D eigenvalue weighted by molar-refractivity contribution is 7.21. The van der Waals surface area contributed by atoms with Crippen molar-refractivity contribution >= 4 is 39.1 Å². The van der Waals surface area contributed by atoms with Crippen LogP contribution in [-0.2, 0) is 0 Å². The van der Waals surface area contributed by atoms with Crippen LogP contribution in [0.15, 0.2) is 65.7 Å². The molecule has 0 N–H and O–H groups in total. The van der Waals surface area contributed by atoms with Crippen LogP contribution in [0.25, 0.3) is 20.8 Å². The number of thiazole rings is 1. The van der Waals surface area contributed by atoms with E-state index >= 15 is 0 Å². The van der Waals surface area contributed by atoms with E-state index < -0.39 is 4.92 Å². The first kappa shape index (κ1) is 17.3. The number of ether oxygens (including phenoxy) is 2. The van der Waals surface area contributed by atoms with Gasteiger partial charge >= 0.3 is 0 Å². The number of hydrogen-bond acceptors (Lipinski definition) is 7. The molecule has 0 saturated heterocycles. The molecule has 0 spiro atoms. The summed E-state index contributed by atoms with van der Waals surface area (Å²) in [6.45, 7) is 0.0559. The van der Waals surface area contributed by atoms with Crippen molar-refractivity contribution in [3.63, 3.8) is 0 Å². The monoisotopic (exact) mass is 403 g/mol. The molecule has 1 aliphatic heterocycles. The Morgan fingerprint density at radius 3 is 2.59 bits per heavy atom. The molecule has 0 fully saturated rings. The number of fused-ring (bicyclic) bond motifs is 2. The molecule has 1 aromatic heterocycles. The predicted molar refractivity (Wildman–Crippen MR) is 112 cm³/mol. The first-order valence-electron chi connectivity index (χ1n) is 8.75. The summed E-state index contributed by atoms with van der Waals surface area (Å²) in [5.74, 6) is 0.845. The molecule has 0 unspecified atom stereocenters. The summed E-state index contributed by atoms with van der Waals surface area (Å²) in [5.41, 5.74) is 2.93. The van der Waals surface area contributed by atoms with Gasteiger partial charge in [-0.05, 0) is 42.5 Å². The Labute approximate surface area is 169 Å². The van der Waals surface area contributed by atoms with Gasteiger partial charge in [0.2, 0.25) is 6.79 Å². The van der Waals surface area contributed by atoms with Crippen LogP contribution in [-0.4, -0.2) is 22.9 Å². The molecule has 7 nitrogen and oxygen atoms in total. The zero-order valence-corrected chi connectivity index (χ0v) is 15.8. The molecule has 4 aromatic rings. The summed E-state index contributed by atoms with van der Waals surface area (Å²) in [5, 5.41) is 12.3. The number of benzene rings is 3. The van der Waals surface area contributed by atoms with Crippen molar-refractivity contribution in [3.8, 4) is 22.1 Å². The van der Waals surface area contributed by atoms with Crippen molar-refractivity contribution in [1.82, 2.24) is 4.98 Å². The summed E-state index contributed by atoms with van der Waals surface area (Å²) in [6.07, 6.45) is 1.47. The molecule has 0 aliphatic carbocycles. The van der Waals surface area contributed by atoms with Gasteiger partial charge in [-0.1, -0.05) is 12.1 Å². The highest BCUT2D eigenvalue weighted by Crippen LogP contribution is 2.37. The Hall–Kier alpha value is -3.78. The van der Waals surface area contributed by atoms with E-state index in [1.54, 1.807) is 17.4 Å². The lowest BCUT2D eigenvalue weighted by Gasteiger charge is -2.01. The van der Waals surface area contributed by atoms with Crippen LogP contribution >= 0.6 is 11.3 Å². The Kier molecular flexibility index (Phi) is 4.18. The Bertz CT molecular complexity index is 1230. The van der Waals surface area contributed by atoms with Gasteiger partial charge in [-0.15, -0.1) is 11.3 Å². The second-order valence-electron chi connectivity index (χ2n) is 6.31. The Morgan fingerprint density at radius 2 is 1.83 bits per heavy atom. The molecule has 5 rings (SSSR count). The van der Waals surface area contributed by atoms with Crippen LogP contribution in [0.3, 0.4) is 0 Å². The van der Waals surface area contributed by atoms with E-state index in [0.29, 0.717) is 22.7 Å². The largest absolute Gasteiger partial charge is 0.454 e. The molecule has 0 bridgehead atoms. The molecule has 0 amide bonds. The van der Waals surface area contributed by atoms with Gasteiger partial charge < -0.3 is 9.47 Å². The smallest absolute Gasteiger partial charge is 0.282 e. The van der Waals surface area contributed by atoms with E-state index in [1.807, 2.05) is 48.5 Å². The molecule has 142 valence electrons. The average molecular weight is 403 g/mol. The number of nitrogens with zero attached hydrogens (tertiary/aromatic N) is 3. The predicted octanol–water partition coefficient (Wildman–Crippen LogP) is 5.35. The number of nitro groups is 1. The summed E-state index contributed by atoms with van der Waals surface area (Å²) >= 11 is 1.63. The molecule has 0 radical (unpaired) electrons. The number of aromatic nitrogens is 1. The fourth-order valence-electron chi connectivity index (χ4n) is 3.04. The van der Waals surface area contributed by atoms with Crippen molar-refractivity contribution in [2.45, 2.75) is 0 Å². The average Bonchev–Trinajstić information content (AvgIpc) is 3.38. The van der Waals surface area contributed by atoms with Gasteiger partial charge in [0, 0.05) is 11.8 Å². The Balaban J connectivity index is 1.42. The van der Waals surface area contributed by atoms with E-state index in [-0.39, 0.29) is 12.5 Å². The quantitative estimate of drug-likeness (QED) is 0.260. The van der Waals surface area contributed by atoms with E-state index in [2.05, 4.69) is 9.98 Å². The highest BCUT2D eigenvalue weighted by Gasteiger charge is 2.22. The normalized spacial score (nSPS) is 12.7. The minimum absolute atomic E-state index is 0.0559. The summed E-state index contributed by atoms with van der Waals surface area (Å²) in [6, 6.07) is 18.5. The molecular weight excluding hydrogens is 390 g/mol. The van der Waals surface area contributed by atoms with Crippen molar-refractivity contribution < 1.29 is 14.4 Å². The molecule has 1 aliphatic rings. The number of para-hydroxylation sites is 1. The third kappa shape index (κ3) is 3.30. The molecule has 0 atom stereocenters. The number of rotatable bonds is 4. The van der Waals surface area contributed by atoms with Gasteiger partial charge in [-0.25, -0.2) is 4.98 Å². The zero-order valence-electron chi connectivity index (χ0n) is 14.9. The lowest BCUT2D eigenvalue weighted by Crippen LogP contribution is -1.94.